The first-order valence-corrected chi connectivity index (χ1v) is 4.01. The third-order valence-electron chi connectivity index (χ3n) is 1.90. The number of hydrogen-bond acceptors (Lipinski definition) is 3. The first-order valence-electron chi connectivity index (χ1n) is 4.01. The molecule has 0 aliphatic rings. The average Bonchev–Trinajstić information content (AvgIpc) is 2.19. The number of H-pyrrole nitrogens is 1. The van der Waals surface area contributed by atoms with E-state index in [1.165, 1.54) is 12.1 Å². The van der Waals surface area contributed by atoms with Crippen LogP contribution in [-0.2, 0) is 4.79 Å². The molecule has 14 heavy (non-hydrogen) atoms. The van der Waals surface area contributed by atoms with Gasteiger partial charge in [0.15, 0.2) is 0 Å². The Morgan fingerprint density at radius 3 is 2.86 bits per heavy atom. The number of aliphatic imine (C=N–C) groups is 1. The van der Waals surface area contributed by atoms with Crippen LogP contribution >= 0.6 is 0 Å². The standard InChI is InChI=1S/C10H6N2O2/c13-6-11-8-3-1-2-7-4-5-9(14)12-10(7)8/h1-5H,(H,12,14). The first kappa shape index (κ1) is 8.41. The van der Waals surface area contributed by atoms with Gasteiger partial charge in [-0.05, 0) is 12.1 Å². The predicted octanol–water partition coefficient (Wildman–Crippen LogP) is 1.50. The van der Waals surface area contributed by atoms with E-state index in [2.05, 4.69) is 9.98 Å². The third-order valence-corrected chi connectivity index (χ3v) is 1.90. The summed E-state index contributed by atoms with van der Waals surface area (Å²) >= 11 is 0. The molecule has 0 unspecified atom stereocenters. The molecule has 4 nitrogen and oxygen atoms in total. The molecule has 1 heterocycles. The van der Waals surface area contributed by atoms with Gasteiger partial charge < -0.3 is 4.98 Å². The second-order valence-corrected chi connectivity index (χ2v) is 2.77. The lowest BCUT2D eigenvalue weighted by Gasteiger charge is -1.98. The van der Waals surface area contributed by atoms with Gasteiger partial charge in [-0.15, -0.1) is 0 Å². The second-order valence-electron chi connectivity index (χ2n) is 2.77. The van der Waals surface area contributed by atoms with E-state index in [1.807, 2.05) is 6.07 Å². The molecule has 0 saturated heterocycles. The topological polar surface area (TPSA) is 62.3 Å². The summed E-state index contributed by atoms with van der Waals surface area (Å²) in [6.45, 7) is 0. The Morgan fingerprint density at radius 1 is 1.21 bits per heavy atom. The van der Waals surface area contributed by atoms with Crippen LogP contribution in [0.4, 0.5) is 5.69 Å². The Labute approximate surface area is 78.9 Å². The van der Waals surface area contributed by atoms with E-state index >= 15 is 0 Å². The summed E-state index contributed by atoms with van der Waals surface area (Å²) in [6.07, 6.45) is 1.45. The molecule has 0 spiro atoms. The van der Waals surface area contributed by atoms with Crippen molar-refractivity contribution in [2.75, 3.05) is 0 Å². The largest absolute Gasteiger partial charge is 0.320 e. The van der Waals surface area contributed by atoms with Crippen molar-refractivity contribution in [3.8, 4) is 0 Å². The van der Waals surface area contributed by atoms with Crippen molar-refractivity contribution in [1.29, 1.82) is 0 Å². The predicted molar refractivity (Wildman–Crippen MR) is 52.4 cm³/mol. The SMILES string of the molecule is O=C=Nc1cccc2ccc(=O)[nH]c12. The summed E-state index contributed by atoms with van der Waals surface area (Å²) < 4.78 is 0. The number of hydrogen-bond donors (Lipinski definition) is 1. The number of nitrogens with zero attached hydrogens (tertiary/aromatic N) is 1. The summed E-state index contributed by atoms with van der Waals surface area (Å²) in [5.74, 6) is 0. The van der Waals surface area contributed by atoms with Gasteiger partial charge in [0.1, 0.15) is 5.69 Å². The van der Waals surface area contributed by atoms with Crippen molar-refractivity contribution >= 4 is 22.7 Å². The molecule has 1 aromatic heterocycles. The Hall–Kier alpha value is -2.19. The maximum absolute atomic E-state index is 11.0. The number of rotatable bonds is 1. The molecule has 0 bridgehead atoms. The van der Waals surface area contributed by atoms with Crippen LogP contribution < -0.4 is 5.56 Å². The Balaban J connectivity index is 2.90. The Bertz CT molecular complexity index is 580. The van der Waals surface area contributed by atoms with Crippen LogP contribution in [0.1, 0.15) is 0 Å². The molecule has 68 valence electrons. The van der Waals surface area contributed by atoms with Crippen LogP contribution in [0, 0.1) is 0 Å². The molecule has 0 aliphatic carbocycles. The van der Waals surface area contributed by atoms with Gasteiger partial charge in [-0.1, -0.05) is 12.1 Å². The number of aromatic amines is 1. The Kier molecular flexibility index (Phi) is 1.97. The zero-order valence-electron chi connectivity index (χ0n) is 7.15. The van der Waals surface area contributed by atoms with Gasteiger partial charge >= 0.3 is 0 Å². The number of nitrogens with one attached hydrogen (secondary N) is 1. The molecule has 2 rings (SSSR count). The smallest absolute Gasteiger partial charge is 0.248 e. The first-order chi connectivity index (χ1) is 6.81. The van der Waals surface area contributed by atoms with Gasteiger partial charge in [0.2, 0.25) is 11.6 Å². The molecule has 0 saturated carbocycles. The molecule has 2 aromatic rings. The van der Waals surface area contributed by atoms with Crippen LogP contribution in [0.5, 0.6) is 0 Å². The van der Waals surface area contributed by atoms with E-state index in [9.17, 15) is 9.59 Å². The van der Waals surface area contributed by atoms with Crippen LogP contribution in [-0.4, -0.2) is 11.1 Å². The third kappa shape index (κ3) is 1.34. The highest BCUT2D eigenvalue weighted by molar-refractivity contribution is 5.89. The number of para-hydroxylation sites is 1. The van der Waals surface area contributed by atoms with Crippen molar-refractivity contribution in [3.05, 3.63) is 40.7 Å². The van der Waals surface area contributed by atoms with Crippen LogP contribution in [0.2, 0.25) is 0 Å². The maximum Gasteiger partial charge on any atom is 0.248 e. The van der Waals surface area contributed by atoms with Crippen molar-refractivity contribution in [2.45, 2.75) is 0 Å². The monoisotopic (exact) mass is 186 g/mol. The zero-order chi connectivity index (χ0) is 9.97. The number of aromatic nitrogens is 1. The highest BCUT2D eigenvalue weighted by Gasteiger charge is 1.99. The maximum atomic E-state index is 11.0. The number of isocyanates is 1. The molecule has 4 heteroatoms. The molecule has 1 aromatic carbocycles. The lowest BCUT2D eigenvalue weighted by molar-refractivity contribution is 0.565. The molecular formula is C10H6N2O2. The van der Waals surface area contributed by atoms with E-state index in [0.29, 0.717) is 11.2 Å². The summed E-state index contributed by atoms with van der Waals surface area (Å²) in [4.78, 5) is 27.3. The van der Waals surface area contributed by atoms with E-state index in [0.717, 1.165) is 5.39 Å². The van der Waals surface area contributed by atoms with E-state index in [-0.39, 0.29) is 5.56 Å². The zero-order valence-corrected chi connectivity index (χ0v) is 7.15. The van der Waals surface area contributed by atoms with Crippen LogP contribution in [0.3, 0.4) is 0 Å². The van der Waals surface area contributed by atoms with Gasteiger partial charge in [-0.25, -0.2) is 4.79 Å². The highest BCUT2D eigenvalue weighted by atomic mass is 16.1. The van der Waals surface area contributed by atoms with Crippen molar-refractivity contribution in [1.82, 2.24) is 4.98 Å². The van der Waals surface area contributed by atoms with Crippen molar-refractivity contribution < 1.29 is 4.79 Å². The Morgan fingerprint density at radius 2 is 2.07 bits per heavy atom. The minimum Gasteiger partial charge on any atom is -0.320 e. The van der Waals surface area contributed by atoms with Crippen molar-refractivity contribution in [2.24, 2.45) is 4.99 Å². The van der Waals surface area contributed by atoms with Gasteiger partial charge in [-0.2, -0.15) is 4.99 Å². The molecule has 0 fully saturated rings. The normalized spacial score (nSPS) is 9.71. The molecular weight excluding hydrogens is 180 g/mol. The summed E-state index contributed by atoms with van der Waals surface area (Å²) in [5.41, 5.74) is 0.768. The number of carbonyl (C=O) groups excluding carboxylic acids is 1. The summed E-state index contributed by atoms with van der Waals surface area (Å²) in [6, 6.07) is 8.34. The summed E-state index contributed by atoms with van der Waals surface area (Å²) in [5, 5.41) is 0.834. The summed E-state index contributed by atoms with van der Waals surface area (Å²) in [7, 11) is 0. The average molecular weight is 186 g/mol. The van der Waals surface area contributed by atoms with Crippen LogP contribution in [0.15, 0.2) is 40.1 Å². The molecule has 0 atom stereocenters. The minimum absolute atomic E-state index is 0.217. The number of pyridine rings is 1. The molecule has 0 amide bonds. The fourth-order valence-corrected chi connectivity index (χ4v) is 1.31. The number of benzene rings is 1. The van der Waals surface area contributed by atoms with E-state index in [4.69, 9.17) is 0 Å². The fraction of sp³-hybridized carbons (Fsp3) is 0. The lowest BCUT2D eigenvalue weighted by Crippen LogP contribution is -2.02. The van der Waals surface area contributed by atoms with Gasteiger partial charge in [0.25, 0.3) is 0 Å². The fourth-order valence-electron chi connectivity index (χ4n) is 1.31. The number of fused-ring (bicyclic) bond motifs is 1. The van der Waals surface area contributed by atoms with Gasteiger partial charge in [0.05, 0.1) is 5.52 Å². The lowest BCUT2D eigenvalue weighted by atomic mass is 10.2. The van der Waals surface area contributed by atoms with E-state index in [1.54, 1.807) is 18.2 Å². The molecule has 0 aliphatic heterocycles. The molecule has 0 radical (unpaired) electrons. The minimum atomic E-state index is -0.217. The highest BCUT2D eigenvalue weighted by Crippen LogP contribution is 2.21. The quantitative estimate of drug-likeness (QED) is 0.541. The molecule has 1 N–H and O–H groups in total. The van der Waals surface area contributed by atoms with Crippen molar-refractivity contribution in [3.63, 3.8) is 0 Å². The van der Waals surface area contributed by atoms with E-state index < -0.39 is 0 Å². The van der Waals surface area contributed by atoms with Gasteiger partial charge in [-0.3, -0.25) is 4.79 Å². The second kappa shape index (κ2) is 3.28. The van der Waals surface area contributed by atoms with Crippen LogP contribution in [0.25, 0.3) is 10.9 Å². The van der Waals surface area contributed by atoms with Gasteiger partial charge in [0, 0.05) is 11.5 Å².